The second-order valence-electron chi connectivity index (χ2n) is 7.50. The van der Waals surface area contributed by atoms with E-state index in [9.17, 15) is 4.79 Å². The summed E-state index contributed by atoms with van der Waals surface area (Å²) in [6.07, 6.45) is 5.54. The van der Waals surface area contributed by atoms with Gasteiger partial charge in [-0.2, -0.15) is 0 Å². The van der Waals surface area contributed by atoms with Gasteiger partial charge in [0.25, 0.3) is 0 Å². The van der Waals surface area contributed by atoms with Crippen LogP contribution >= 0.6 is 0 Å². The Morgan fingerprint density at radius 3 is 2.44 bits per heavy atom. The summed E-state index contributed by atoms with van der Waals surface area (Å²) in [5.74, 6) is 6.56. The molecule has 0 amide bonds. The van der Waals surface area contributed by atoms with Gasteiger partial charge in [-0.25, -0.2) is 0 Å². The Hall–Kier alpha value is -2.99. The third kappa shape index (κ3) is 3.36. The Balaban J connectivity index is 2.31. The third-order valence-electron chi connectivity index (χ3n) is 5.32. The molecule has 1 heterocycles. The van der Waals surface area contributed by atoms with Gasteiger partial charge in [-0.05, 0) is 64.2 Å². The largest absolute Gasteiger partial charge is 0.398 e. The number of carbonyl (C=O) groups is 1. The Morgan fingerprint density at radius 2 is 1.89 bits per heavy atom. The molecule has 27 heavy (non-hydrogen) atoms. The maximum Gasteiger partial charge on any atom is 0.163 e. The average Bonchev–Trinajstić information content (AvgIpc) is 3.26. The molecule has 0 unspecified atom stereocenters. The van der Waals surface area contributed by atoms with Crippen molar-refractivity contribution in [2.45, 2.75) is 46.1 Å². The predicted molar refractivity (Wildman–Crippen MR) is 112 cm³/mol. The molecule has 0 spiro atoms. The highest BCUT2D eigenvalue weighted by atomic mass is 16.1. The molecule has 2 N–H and O–H groups in total. The van der Waals surface area contributed by atoms with E-state index in [1.807, 2.05) is 38.1 Å². The summed E-state index contributed by atoms with van der Waals surface area (Å²) in [4.78, 5) is 12.6. The minimum absolute atomic E-state index is 0.00324. The van der Waals surface area contributed by atoms with Crippen molar-refractivity contribution in [1.29, 1.82) is 0 Å². The first-order valence-corrected chi connectivity index (χ1v) is 9.23. The highest BCUT2D eigenvalue weighted by molar-refractivity contribution is 6.02. The molecule has 0 saturated heterocycles. The van der Waals surface area contributed by atoms with Gasteiger partial charge in [-0.1, -0.05) is 36.8 Å². The first-order chi connectivity index (χ1) is 12.8. The molecule has 3 nitrogen and oxygen atoms in total. The maximum absolute atomic E-state index is 12.6. The van der Waals surface area contributed by atoms with Gasteiger partial charge in [0, 0.05) is 28.1 Å². The monoisotopic (exact) mass is 358 g/mol. The van der Waals surface area contributed by atoms with Gasteiger partial charge >= 0.3 is 0 Å². The topological polar surface area (TPSA) is 48.0 Å². The zero-order valence-corrected chi connectivity index (χ0v) is 16.5. The molecule has 1 aromatic carbocycles. The minimum atomic E-state index is -0.0226. The molecule has 0 radical (unpaired) electrons. The van der Waals surface area contributed by atoms with Crippen molar-refractivity contribution in [3.05, 3.63) is 76.6 Å². The Labute approximate surface area is 161 Å². The van der Waals surface area contributed by atoms with E-state index < -0.39 is 0 Å². The quantitative estimate of drug-likeness (QED) is 0.489. The van der Waals surface area contributed by atoms with Crippen molar-refractivity contribution in [2.75, 3.05) is 0 Å². The Bertz CT molecular complexity index is 1020. The number of Topliss-reactive ketones (excluding diaryl/α,β-unsaturated/α-hetero) is 1. The van der Waals surface area contributed by atoms with Crippen LogP contribution in [0.4, 0.5) is 0 Å². The lowest BCUT2D eigenvalue weighted by molar-refractivity contribution is 0.101. The van der Waals surface area contributed by atoms with Gasteiger partial charge in [0.2, 0.25) is 0 Å². The average molecular weight is 358 g/mol. The van der Waals surface area contributed by atoms with Crippen molar-refractivity contribution in [2.24, 2.45) is 5.73 Å². The highest BCUT2D eigenvalue weighted by Crippen LogP contribution is 2.47. The summed E-state index contributed by atoms with van der Waals surface area (Å²) < 4.78 is 2.22. The summed E-state index contributed by atoms with van der Waals surface area (Å²) in [5, 5.41) is 0. The van der Waals surface area contributed by atoms with E-state index in [2.05, 4.69) is 29.9 Å². The molecule has 138 valence electrons. The van der Waals surface area contributed by atoms with Crippen molar-refractivity contribution in [3.63, 3.8) is 0 Å². The molecule has 1 fully saturated rings. The molecule has 3 rings (SSSR count). The van der Waals surface area contributed by atoms with Crippen LogP contribution in [-0.2, 0) is 5.54 Å². The van der Waals surface area contributed by atoms with Crippen molar-refractivity contribution in [3.8, 4) is 11.8 Å². The number of allylic oxidation sites excluding steroid dienone is 2. The van der Waals surface area contributed by atoms with Crippen LogP contribution in [0.2, 0.25) is 0 Å². The fraction of sp³-hybridized carbons (Fsp3) is 0.292. The normalized spacial score (nSPS) is 15.0. The molecule has 3 heteroatoms. The van der Waals surface area contributed by atoms with Crippen molar-refractivity contribution < 1.29 is 4.79 Å². The van der Waals surface area contributed by atoms with E-state index in [0.717, 1.165) is 40.9 Å². The zero-order valence-electron chi connectivity index (χ0n) is 16.5. The van der Waals surface area contributed by atoms with Gasteiger partial charge in [0.15, 0.2) is 5.78 Å². The molecule has 0 aliphatic heterocycles. The number of ketones is 1. The van der Waals surface area contributed by atoms with Crippen LogP contribution in [-0.4, -0.2) is 10.4 Å². The van der Waals surface area contributed by atoms with Gasteiger partial charge in [0.1, 0.15) is 5.69 Å². The van der Waals surface area contributed by atoms with Crippen LogP contribution in [0.5, 0.6) is 0 Å². The van der Waals surface area contributed by atoms with Crippen LogP contribution in [0.15, 0.2) is 43.0 Å². The van der Waals surface area contributed by atoms with Crippen LogP contribution in [0.1, 0.15) is 65.1 Å². The van der Waals surface area contributed by atoms with Crippen molar-refractivity contribution >= 4 is 11.5 Å². The lowest BCUT2D eigenvalue weighted by Crippen LogP contribution is -2.16. The summed E-state index contributed by atoms with van der Waals surface area (Å²) in [6.45, 7) is 11.6. The molecule has 2 aromatic rings. The second-order valence-corrected chi connectivity index (χ2v) is 7.50. The number of nitrogens with two attached hydrogens (primary N) is 1. The standard InChI is InChI=1S/C24H26N2O/c1-6-9-20(25)22-17(3)26(24(5)14-15-24)21(23(22)18(4)27)13-12-19-11-8-7-10-16(19)2/h6-11H,1,14-15,25H2,2-5H3/b20-9+. The van der Waals surface area contributed by atoms with Crippen LogP contribution in [0, 0.1) is 25.7 Å². The van der Waals surface area contributed by atoms with Crippen LogP contribution in [0.25, 0.3) is 5.70 Å². The first kappa shape index (κ1) is 18.8. The molecule has 1 saturated carbocycles. The molecule has 1 aliphatic rings. The summed E-state index contributed by atoms with van der Waals surface area (Å²) in [5.41, 5.74) is 12.1. The summed E-state index contributed by atoms with van der Waals surface area (Å²) in [7, 11) is 0. The minimum Gasteiger partial charge on any atom is -0.398 e. The first-order valence-electron chi connectivity index (χ1n) is 9.23. The molecule has 1 aromatic heterocycles. The van der Waals surface area contributed by atoms with Crippen molar-refractivity contribution in [1.82, 2.24) is 4.57 Å². The molecular formula is C24H26N2O. The Morgan fingerprint density at radius 1 is 1.22 bits per heavy atom. The fourth-order valence-electron chi connectivity index (χ4n) is 3.63. The van der Waals surface area contributed by atoms with Crippen LogP contribution < -0.4 is 5.73 Å². The Kier molecular flexibility index (Phi) is 4.85. The number of aromatic nitrogens is 1. The lowest BCUT2D eigenvalue weighted by atomic mass is 10.0. The van der Waals surface area contributed by atoms with Crippen LogP contribution in [0.3, 0.4) is 0 Å². The van der Waals surface area contributed by atoms with E-state index >= 15 is 0 Å². The number of carbonyl (C=O) groups excluding carboxylic acids is 1. The zero-order chi connectivity index (χ0) is 19.8. The number of benzene rings is 1. The van der Waals surface area contributed by atoms with Gasteiger partial charge in [-0.15, -0.1) is 0 Å². The number of nitrogens with zero attached hydrogens (tertiary/aromatic N) is 1. The van der Waals surface area contributed by atoms with E-state index in [1.54, 1.807) is 19.1 Å². The summed E-state index contributed by atoms with van der Waals surface area (Å²) in [6, 6.07) is 8.02. The number of rotatable bonds is 4. The number of hydrogen-bond donors (Lipinski definition) is 1. The van der Waals surface area contributed by atoms with E-state index in [1.165, 1.54) is 0 Å². The SMILES string of the molecule is C=C/C=C(/N)c1c(C(C)=O)c(C#Cc2ccccc2C)n(C2(C)CC2)c1C. The lowest BCUT2D eigenvalue weighted by Gasteiger charge is -2.16. The van der Waals surface area contributed by atoms with Gasteiger partial charge < -0.3 is 10.3 Å². The molecular weight excluding hydrogens is 332 g/mol. The number of aryl methyl sites for hydroxylation is 1. The summed E-state index contributed by atoms with van der Waals surface area (Å²) >= 11 is 0. The fourth-order valence-corrected chi connectivity index (χ4v) is 3.63. The number of hydrogen-bond acceptors (Lipinski definition) is 2. The second kappa shape index (κ2) is 6.96. The highest BCUT2D eigenvalue weighted by Gasteiger charge is 2.43. The maximum atomic E-state index is 12.6. The molecule has 0 atom stereocenters. The molecule has 0 bridgehead atoms. The van der Waals surface area contributed by atoms with Gasteiger partial charge in [0.05, 0.1) is 5.56 Å². The predicted octanol–water partition coefficient (Wildman–Crippen LogP) is 4.70. The van der Waals surface area contributed by atoms with E-state index in [4.69, 9.17) is 5.73 Å². The smallest absolute Gasteiger partial charge is 0.163 e. The van der Waals surface area contributed by atoms with E-state index in [0.29, 0.717) is 11.3 Å². The van der Waals surface area contributed by atoms with Gasteiger partial charge in [-0.3, -0.25) is 4.79 Å². The molecule has 1 aliphatic carbocycles. The van der Waals surface area contributed by atoms with E-state index in [-0.39, 0.29) is 11.3 Å². The third-order valence-corrected chi connectivity index (χ3v) is 5.32.